The number of halogens is 3. The number of aromatic nitrogens is 1. The number of nitrogens with zero attached hydrogens (tertiary/aromatic N) is 1. The first-order valence-electron chi connectivity index (χ1n) is 6.06. The molecule has 0 spiro atoms. The normalized spacial score (nSPS) is 23.6. The molecule has 4 nitrogen and oxygen atoms in total. The smallest absolute Gasteiger partial charge is 0.396 e. The summed E-state index contributed by atoms with van der Waals surface area (Å²) in [4.78, 5) is 3.29. The molecule has 2 rings (SSSR count). The monoisotopic (exact) mass is 275 g/mol. The zero-order valence-corrected chi connectivity index (χ0v) is 10.5. The van der Waals surface area contributed by atoms with Crippen LogP contribution in [0.25, 0.3) is 0 Å². The van der Waals surface area contributed by atoms with Gasteiger partial charge in [-0.2, -0.15) is 13.2 Å². The Morgan fingerprint density at radius 2 is 2.26 bits per heavy atom. The lowest BCUT2D eigenvalue weighted by atomic mass is 10.0. The summed E-state index contributed by atoms with van der Waals surface area (Å²) in [6.45, 7) is 3.18. The first-order valence-corrected chi connectivity index (χ1v) is 6.06. The fourth-order valence-electron chi connectivity index (χ4n) is 2.06. The van der Waals surface area contributed by atoms with Gasteiger partial charge < -0.3 is 15.8 Å². The van der Waals surface area contributed by atoms with Gasteiger partial charge >= 0.3 is 6.18 Å². The van der Waals surface area contributed by atoms with Crippen LogP contribution < -0.4 is 11.1 Å². The fourth-order valence-corrected chi connectivity index (χ4v) is 2.06. The number of alkyl halides is 3. The van der Waals surface area contributed by atoms with Crippen LogP contribution in [0.3, 0.4) is 0 Å². The maximum atomic E-state index is 12.6. The maximum Gasteiger partial charge on any atom is 0.433 e. The van der Waals surface area contributed by atoms with Crippen molar-refractivity contribution in [2.24, 2.45) is 5.92 Å². The standard InChI is InChI=1S/C12H16F3N3O/c1-7-8(2-3-19-7)5-17-10-4-11(12(13,14)15)18-6-9(10)16/h4,6-8H,2-3,5,16H2,1H3,(H,17,18). The summed E-state index contributed by atoms with van der Waals surface area (Å²) < 4.78 is 43.1. The highest BCUT2D eigenvalue weighted by Gasteiger charge is 2.33. The van der Waals surface area contributed by atoms with Gasteiger partial charge in [-0.05, 0) is 19.4 Å². The van der Waals surface area contributed by atoms with Gasteiger partial charge in [0.1, 0.15) is 5.69 Å². The second kappa shape index (κ2) is 5.24. The van der Waals surface area contributed by atoms with Crippen molar-refractivity contribution >= 4 is 11.4 Å². The van der Waals surface area contributed by atoms with E-state index in [0.717, 1.165) is 18.7 Å². The predicted octanol–water partition coefficient (Wildman–Crippen LogP) is 2.52. The van der Waals surface area contributed by atoms with E-state index in [-0.39, 0.29) is 23.4 Å². The molecule has 1 aromatic heterocycles. The molecule has 19 heavy (non-hydrogen) atoms. The lowest BCUT2D eigenvalue weighted by Gasteiger charge is -2.17. The number of nitrogens with one attached hydrogen (secondary N) is 1. The molecule has 0 aromatic carbocycles. The summed E-state index contributed by atoms with van der Waals surface area (Å²) >= 11 is 0. The van der Waals surface area contributed by atoms with Crippen LogP contribution >= 0.6 is 0 Å². The molecular formula is C12H16F3N3O. The molecule has 2 atom stereocenters. The number of nitrogen functional groups attached to an aromatic ring is 1. The van der Waals surface area contributed by atoms with E-state index < -0.39 is 11.9 Å². The third-order valence-electron chi connectivity index (χ3n) is 3.31. The molecule has 1 aliphatic heterocycles. The molecule has 0 bridgehead atoms. The number of anilines is 2. The number of hydrogen-bond donors (Lipinski definition) is 2. The van der Waals surface area contributed by atoms with Gasteiger partial charge in [0.05, 0.1) is 23.7 Å². The Kier molecular flexibility index (Phi) is 3.84. The van der Waals surface area contributed by atoms with Crippen molar-refractivity contribution in [3.63, 3.8) is 0 Å². The van der Waals surface area contributed by atoms with Crippen LogP contribution in [0.5, 0.6) is 0 Å². The van der Waals surface area contributed by atoms with Crippen molar-refractivity contribution in [3.05, 3.63) is 18.0 Å². The van der Waals surface area contributed by atoms with Gasteiger partial charge in [-0.3, -0.25) is 0 Å². The van der Waals surface area contributed by atoms with E-state index >= 15 is 0 Å². The molecular weight excluding hydrogens is 259 g/mol. The number of rotatable bonds is 3. The Balaban J connectivity index is 2.07. The van der Waals surface area contributed by atoms with E-state index in [1.807, 2.05) is 6.92 Å². The molecule has 1 aromatic rings. The highest BCUT2D eigenvalue weighted by molar-refractivity contribution is 5.65. The average molecular weight is 275 g/mol. The third-order valence-corrected chi connectivity index (χ3v) is 3.31. The van der Waals surface area contributed by atoms with Crippen molar-refractivity contribution < 1.29 is 17.9 Å². The summed E-state index contributed by atoms with van der Waals surface area (Å²) in [7, 11) is 0. The zero-order chi connectivity index (χ0) is 14.0. The minimum atomic E-state index is -4.46. The SMILES string of the molecule is CC1OCCC1CNc1cc(C(F)(F)F)ncc1N. The molecule has 106 valence electrons. The van der Waals surface area contributed by atoms with Crippen LogP contribution in [-0.4, -0.2) is 24.2 Å². The van der Waals surface area contributed by atoms with Gasteiger partial charge in [0.2, 0.25) is 0 Å². The molecule has 1 aliphatic rings. The minimum Gasteiger partial charge on any atom is -0.396 e. The summed E-state index contributed by atoms with van der Waals surface area (Å²) in [6.07, 6.45) is -2.43. The van der Waals surface area contributed by atoms with Gasteiger partial charge in [-0.25, -0.2) is 4.98 Å². The zero-order valence-electron chi connectivity index (χ0n) is 10.5. The van der Waals surface area contributed by atoms with Crippen LogP contribution in [0.4, 0.5) is 24.5 Å². The Morgan fingerprint density at radius 1 is 1.53 bits per heavy atom. The summed E-state index contributed by atoms with van der Waals surface area (Å²) in [5.74, 6) is 0.280. The Bertz CT molecular complexity index is 450. The van der Waals surface area contributed by atoms with Gasteiger partial charge in [-0.1, -0.05) is 0 Å². The predicted molar refractivity (Wildman–Crippen MR) is 65.7 cm³/mol. The number of ether oxygens (including phenoxy) is 1. The molecule has 0 radical (unpaired) electrons. The molecule has 1 saturated heterocycles. The Hall–Kier alpha value is -1.50. The van der Waals surface area contributed by atoms with Crippen molar-refractivity contribution in [2.75, 3.05) is 24.2 Å². The van der Waals surface area contributed by atoms with Gasteiger partial charge in [-0.15, -0.1) is 0 Å². The highest BCUT2D eigenvalue weighted by atomic mass is 19.4. The first-order chi connectivity index (χ1) is 8.88. The van der Waals surface area contributed by atoms with E-state index in [1.165, 1.54) is 0 Å². The number of pyridine rings is 1. The quantitative estimate of drug-likeness (QED) is 0.890. The molecule has 2 unspecified atom stereocenters. The van der Waals surface area contributed by atoms with E-state index in [9.17, 15) is 13.2 Å². The Morgan fingerprint density at radius 3 is 2.84 bits per heavy atom. The second-order valence-corrected chi connectivity index (χ2v) is 4.66. The van der Waals surface area contributed by atoms with Crippen molar-refractivity contribution in [2.45, 2.75) is 25.6 Å². The van der Waals surface area contributed by atoms with Crippen LogP contribution in [-0.2, 0) is 10.9 Å². The fraction of sp³-hybridized carbons (Fsp3) is 0.583. The summed E-state index contributed by atoms with van der Waals surface area (Å²) in [5, 5.41) is 2.95. The van der Waals surface area contributed by atoms with Gasteiger partial charge in [0, 0.05) is 19.1 Å². The van der Waals surface area contributed by atoms with Crippen LogP contribution in [0.15, 0.2) is 12.3 Å². The van der Waals surface area contributed by atoms with E-state index in [0.29, 0.717) is 13.2 Å². The molecule has 0 aliphatic carbocycles. The first kappa shape index (κ1) is 13.9. The maximum absolute atomic E-state index is 12.6. The molecule has 1 fully saturated rings. The van der Waals surface area contributed by atoms with Crippen LogP contribution in [0, 0.1) is 5.92 Å². The largest absolute Gasteiger partial charge is 0.433 e. The minimum absolute atomic E-state index is 0.109. The highest BCUT2D eigenvalue weighted by Crippen LogP contribution is 2.31. The lowest BCUT2D eigenvalue weighted by molar-refractivity contribution is -0.141. The summed E-state index contributed by atoms with van der Waals surface area (Å²) in [6, 6.07) is 0.940. The third kappa shape index (κ3) is 3.28. The molecule has 0 amide bonds. The van der Waals surface area contributed by atoms with Gasteiger partial charge in [0.25, 0.3) is 0 Å². The molecule has 0 saturated carbocycles. The van der Waals surface area contributed by atoms with E-state index in [2.05, 4.69) is 10.3 Å². The van der Waals surface area contributed by atoms with Crippen LogP contribution in [0.2, 0.25) is 0 Å². The topological polar surface area (TPSA) is 60.2 Å². The van der Waals surface area contributed by atoms with Crippen LogP contribution in [0.1, 0.15) is 19.0 Å². The molecule has 3 N–H and O–H groups in total. The lowest BCUT2D eigenvalue weighted by Crippen LogP contribution is -2.21. The summed E-state index contributed by atoms with van der Waals surface area (Å²) in [5.41, 5.74) is 5.16. The second-order valence-electron chi connectivity index (χ2n) is 4.66. The average Bonchev–Trinajstić information content (AvgIpc) is 2.72. The van der Waals surface area contributed by atoms with E-state index in [4.69, 9.17) is 10.5 Å². The van der Waals surface area contributed by atoms with Gasteiger partial charge in [0.15, 0.2) is 0 Å². The number of nitrogens with two attached hydrogens (primary N) is 1. The van der Waals surface area contributed by atoms with E-state index in [1.54, 1.807) is 0 Å². The number of hydrogen-bond acceptors (Lipinski definition) is 4. The van der Waals surface area contributed by atoms with Crippen molar-refractivity contribution in [3.8, 4) is 0 Å². The molecule has 7 heteroatoms. The van der Waals surface area contributed by atoms with Crippen molar-refractivity contribution in [1.29, 1.82) is 0 Å². The molecule has 2 heterocycles. The Labute approximate surface area is 109 Å². The van der Waals surface area contributed by atoms with Crippen molar-refractivity contribution in [1.82, 2.24) is 4.98 Å².